The van der Waals surface area contributed by atoms with Crippen molar-refractivity contribution in [1.82, 2.24) is 30.0 Å². The third kappa shape index (κ3) is 4.75. The number of anilines is 1. The topological polar surface area (TPSA) is 90.5 Å². The molecular formula is C18H22FN7OS. The Kier molecular flexibility index (Phi) is 5.78. The standard InChI is InChI=1S/C18H22FN7OS/c1-18(2,3)14-11-15(26(22-14)13-7-5-12(19)6-8-13)20-16(27)9-10-28-17-21-23-24-25(17)4/h5-8,11H,9-10H2,1-4H3,(H,20,27). The Morgan fingerprint density at radius 1 is 1.25 bits per heavy atom. The van der Waals surface area contributed by atoms with E-state index < -0.39 is 0 Å². The van der Waals surface area contributed by atoms with Gasteiger partial charge in [-0.3, -0.25) is 4.79 Å². The molecule has 1 aromatic carbocycles. The maximum Gasteiger partial charge on any atom is 0.226 e. The fourth-order valence-corrected chi connectivity index (χ4v) is 3.19. The third-order valence-electron chi connectivity index (χ3n) is 3.96. The predicted molar refractivity (Wildman–Crippen MR) is 105 cm³/mol. The first-order valence-electron chi connectivity index (χ1n) is 8.75. The summed E-state index contributed by atoms with van der Waals surface area (Å²) < 4.78 is 16.5. The van der Waals surface area contributed by atoms with Gasteiger partial charge in [0.05, 0.1) is 11.4 Å². The van der Waals surface area contributed by atoms with Gasteiger partial charge in [-0.1, -0.05) is 32.5 Å². The van der Waals surface area contributed by atoms with Gasteiger partial charge in [0.2, 0.25) is 11.1 Å². The quantitative estimate of drug-likeness (QED) is 0.637. The number of nitrogens with one attached hydrogen (secondary N) is 1. The summed E-state index contributed by atoms with van der Waals surface area (Å²) >= 11 is 1.41. The molecule has 3 aromatic rings. The molecule has 1 amide bonds. The fourth-order valence-electron chi connectivity index (χ4n) is 2.40. The summed E-state index contributed by atoms with van der Waals surface area (Å²) in [6, 6.07) is 7.83. The maximum atomic E-state index is 13.3. The molecule has 0 aliphatic rings. The third-order valence-corrected chi connectivity index (χ3v) is 4.97. The molecule has 0 atom stereocenters. The Morgan fingerprint density at radius 3 is 2.57 bits per heavy atom. The minimum absolute atomic E-state index is 0.147. The Labute approximate surface area is 166 Å². The zero-order valence-electron chi connectivity index (χ0n) is 16.2. The van der Waals surface area contributed by atoms with Crippen LogP contribution in [0.5, 0.6) is 0 Å². The lowest BCUT2D eigenvalue weighted by atomic mass is 9.92. The van der Waals surface area contributed by atoms with Crippen LogP contribution in [0.2, 0.25) is 0 Å². The van der Waals surface area contributed by atoms with Crippen LogP contribution in [-0.4, -0.2) is 41.6 Å². The summed E-state index contributed by atoms with van der Waals surface area (Å²) in [6.45, 7) is 6.13. The smallest absolute Gasteiger partial charge is 0.226 e. The molecule has 8 nitrogen and oxygen atoms in total. The van der Waals surface area contributed by atoms with Gasteiger partial charge >= 0.3 is 0 Å². The van der Waals surface area contributed by atoms with Crippen molar-refractivity contribution in [2.75, 3.05) is 11.1 Å². The van der Waals surface area contributed by atoms with Gasteiger partial charge in [0, 0.05) is 30.7 Å². The first kappa shape index (κ1) is 20.0. The van der Waals surface area contributed by atoms with Gasteiger partial charge in [0.25, 0.3) is 0 Å². The first-order chi connectivity index (χ1) is 13.2. The molecule has 1 N–H and O–H groups in total. The van der Waals surface area contributed by atoms with Crippen LogP contribution in [0.25, 0.3) is 5.69 Å². The molecule has 0 aliphatic carbocycles. The van der Waals surface area contributed by atoms with E-state index in [0.717, 1.165) is 5.69 Å². The highest BCUT2D eigenvalue weighted by Crippen LogP contribution is 2.26. The number of amides is 1. The van der Waals surface area contributed by atoms with Gasteiger partial charge in [-0.15, -0.1) is 5.10 Å². The normalized spacial score (nSPS) is 11.6. The SMILES string of the molecule is Cn1nnnc1SCCC(=O)Nc1cc(C(C)(C)C)nn1-c1ccc(F)cc1. The Morgan fingerprint density at radius 2 is 1.96 bits per heavy atom. The zero-order chi connectivity index (χ0) is 20.3. The van der Waals surface area contributed by atoms with Gasteiger partial charge in [0.1, 0.15) is 11.6 Å². The van der Waals surface area contributed by atoms with Crippen molar-refractivity contribution in [2.24, 2.45) is 7.05 Å². The number of aromatic nitrogens is 6. The van der Waals surface area contributed by atoms with Crippen molar-refractivity contribution >= 4 is 23.5 Å². The molecule has 2 heterocycles. The molecule has 0 aliphatic heterocycles. The van der Waals surface area contributed by atoms with Crippen LogP contribution in [0.4, 0.5) is 10.2 Å². The number of hydrogen-bond acceptors (Lipinski definition) is 6. The molecule has 0 unspecified atom stereocenters. The molecule has 0 fully saturated rings. The molecule has 10 heteroatoms. The highest BCUT2D eigenvalue weighted by molar-refractivity contribution is 7.99. The first-order valence-corrected chi connectivity index (χ1v) is 9.74. The number of carbonyl (C=O) groups excluding carboxylic acids is 1. The molecule has 0 saturated carbocycles. The number of benzene rings is 1. The largest absolute Gasteiger partial charge is 0.311 e. The average molecular weight is 403 g/mol. The lowest BCUT2D eigenvalue weighted by Crippen LogP contribution is -2.15. The number of rotatable bonds is 6. The lowest BCUT2D eigenvalue weighted by molar-refractivity contribution is -0.115. The van der Waals surface area contributed by atoms with Crippen LogP contribution >= 0.6 is 11.8 Å². The Balaban J connectivity index is 1.74. The fraction of sp³-hybridized carbons (Fsp3) is 0.389. The summed E-state index contributed by atoms with van der Waals surface area (Å²) in [5, 5.41) is 19.4. The van der Waals surface area contributed by atoms with Gasteiger partial charge < -0.3 is 5.32 Å². The van der Waals surface area contributed by atoms with Gasteiger partial charge in [-0.25, -0.2) is 13.8 Å². The summed E-state index contributed by atoms with van der Waals surface area (Å²) in [5.74, 6) is 0.614. The number of aryl methyl sites for hydroxylation is 1. The van der Waals surface area contributed by atoms with E-state index in [4.69, 9.17) is 0 Å². The summed E-state index contributed by atoms with van der Waals surface area (Å²) in [7, 11) is 1.75. The number of thioether (sulfide) groups is 1. The van der Waals surface area contributed by atoms with Crippen molar-refractivity contribution in [3.63, 3.8) is 0 Å². The second-order valence-electron chi connectivity index (χ2n) is 7.28. The molecule has 0 saturated heterocycles. The van der Waals surface area contributed by atoms with E-state index in [2.05, 4.69) is 25.9 Å². The Hall–Kier alpha value is -2.75. The molecule has 3 rings (SSSR count). The van der Waals surface area contributed by atoms with Crippen molar-refractivity contribution in [1.29, 1.82) is 0 Å². The van der Waals surface area contributed by atoms with Gasteiger partial charge in [-0.05, 0) is 34.7 Å². The number of tetrazole rings is 1. The van der Waals surface area contributed by atoms with E-state index in [1.165, 1.54) is 23.9 Å². The Bertz CT molecular complexity index is 959. The number of hydrogen-bond donors (Lipinski definition) is 1. The monoisotopic (exact) mass is 403 g/mol. The van der Waals surface area contributed by atoms with E-state index in [1.807, 2.05) is 26.8 Å². The summed E-state index contributed by atoms with van der Waals surface area (Å²) in [5.41, 5.74) is 1.30. The van der Waals surface area contributed by atoms with Crippen LogP contribution < -0.4 is 5.32 Å². The second-order valence-corrected chi connectivity index (χ2v) is 8.35. The molecule has 0 radical (unpaired) electrons. The van der Waals surface area contributed by atoms with Crippen LogP contribution in [0.3, 0.4) is 0 Å². The minimum atomic E-state index is -0.326. The van der Waals surface area contributed by atoms with Gasteiger partial charge in [-0.2, -0.15) is 5.10 Å². The lowest BCUT2D eigenvalue weighted by Gasteiger charge is -2.14. The van der Waals surface area contributed by atoms with E-state index in [-0.39, 0.29) is 23.6 Å². The number of halogens is 1. The molecule has 148 valence electrons. The van der Waals surface area contributed by atoms with E-state index in [9.17, 15) is 9.18 Å². The van der Waals surface area contributed by atoms with Crippen molar-refractivity contribution < 1.29 is 9.18 Å². The average Bonchev–Trinajstić information content (AvgIpc) is 3.22. The number of nitrogens with zero attached hydrogens (tertiary/aromatic N) is 6. The highest BCUT2D eigenvalue weighted by atomic mass is 32.2. The van der Waals surface area contributed by atoms with Crippen molar-refractivity contribution in [2.45, 2.75) is 37.8 Å². The molecule has 0 spiro atoms. The van der Waals surface area contributed by atoms with E-state index in [0.29, 0.717) is 22.4 Å². The van der Waals surface area contributed by atoms with Crippen LogP contribution in [0.1, 0.15) is 32.9 Å². The highest BCUT2D eigenvalue weighted by Gasteiger charge is 2.21. The molecule has 28 heavy (non-hydrogen) atoms. The van der Waals surface area contributed by atoms with Crippen LogP contribution in [0.15, 0.2) is 35.5 Å². The van der Waals surface area contributed by atoms with E-state index in [1.54, 1.807) is 28.5 Å². The summed E-state index contributed by atoms with van der Waals surface area (Å²) in [4.78, 5) is 12.4. The van der Waals surface area contributed by atoms with Crippen molar-refractivity contribution in [3.05, 3.63) is 41.8 Å². The van der Waals surface area contributed by atoms with Crippen LogP contribution in [-0.2, 0) is 17.3 Å². The zero-order valence-corrected chi connectivity index (χ0v) is 17.0. The molecule has 0 bridgehead atoms. The molecule has 2 aromatic heterocycles. The minimum Gasteiger partial charge on any atom is -0.311 e. The maximum absolute atomic E-state index is 13.3. The predicted octanol–water partition coefficient (Wildman–Crippen LogP) is 2.95. The summed E-state index contributed by atoms with van der Waals surface area (Å²) in [6.07, 6.45) is 0.289. The van der Waals surface area contributed by atoms with Crippen LogP contribution in [0, 0.1) is 5.82 Å². The van der Waals surface area contributed by atoms with Crippen molar-refractivity contribution in [3.8, 4) is 5.69 Å². The number of carbonyl (C=O) groups is 1. The molecular weight excluding hydrogens is 381 g/mol. The van der Waals surface area contributed by atoms with E-state index >= 15 is 0 Å². The van der Waals surface area contributed by atoms with Gasteiger partial charge in [0.15, 0.2) is 0 Å². The second kappa shape index (κ2) is 8.09.